The highest BCUT2D eigenvalue weighted by molar-refractivity contribution is 9.10. The fraction of sp³-hybridized carbons (Fsp3) is 0.118. The van der Waals surface area contributed by atoms with Crippen molar-refractivity contribution < 1.29 is 14.4 Å². The average Bonchev–Trinajstić information content (AvgIpc) is 3.08. The van der Waals surface area contributed by atoms with Gasteiger partial charge in [-0.15, -0.1) is 0 Å². The van der Waals surface area contributed by atoms with E-state index < -0.39 is 23.8 Å². The van der Waals surface area contributed by atoms with Crippen LogP contribution in [-0.4, -0.2) is 23.6 Å². The molecule has 5 nitrogen and oxygen atoms in total. The number of hydrogen-bond donors (Lipinski definition) is 0. The third-order valence-electron chi connectivity index (χ3n) is 4.09. The van der Waals surface area contributed by atoms with E-state index in [1.54, 1.807) is 36.4 Å². The van der Waals surface area contributed by atoms with Crippen LogP contribution >= 0.6 is 39.1 Å². The van der Waals surface area contributed by atoms with E-state index in [1.807, 2.05) is 6.07 Å². The number of rotatable bonds is 2. The Labute approximate surface area is 161 Å². The number of fused-ring (bicyclic) bond motifs is 1. The minimum Gasteiger partial charge on any atom is -0.381 e. The lowest BCUT2D eigenvalue weighted by Crippen LogP contribution is -2.33. The van der Waals surface area contributed by atoms with Gasteiger partial charge in [-0.25, -0.2) is 4.90 Å². The third kappa shape index (κ3) is 2.65. The van der Waals surface area contributed by atoms with E-state index in [4.69, 9.17) is 28.0 Å². The van der Waals surface area contributed by atoms with Crippen LogP contribution in [0.15, 0.2) is 52.1 Å². The first kappa shape index (κ1) is 16.6. The van der Waals surface area contributed by atoms with E-state index in [2.05, 4.69) is 21.1 Å². The van der Waals surface area contributed by atoms with E-state index in [1.165, 1.54) is 0 Å². The minimum absolute atomic E-state index is 0.336. The van der Waals surface area contributed by atoms with Crippen molar-refractivity contribution in [2.45, 2.75) is 6.10 Å². The molecule has 0 bridgehead atoms. The van der Waals surface area contributed by atoms with Crippen molar-refractivity contribution in [3.05, 3.63) is 62.5 Å². The van der Waals surface area contributed by atoms with Gasteiger partial charge in [0.05, 0.1) is 10.7 Å². The zero-order valence-corrected chi connectivity index (χ0v) is 15.5. The summed E-state index contributed by atoms with van der Waals surface area (Å²) in [6, 6.07) is 11.8. The topological polar surface area (TPSA) is 59.0 Å². The lowest BCUT2D eigenvalue weighted by molar-refractivity contribution is -0.126. The molecule has 2 aliphatic heterocycles. The van der Waals surface area contributed by atoms with E-state index in [9.17, 15) is 9.59 Å². The van der Waals surface area contributed by atoms with Gasteiger partial charge >= 0.3 is 0 Å². The molecule has 2 amide bonds. The summed E-state index contributed by atoms with van der Waals surface area (Å²) in [5.41, 5.74) is 1.34. The van der Waals surface area contributed by atoms with Crippen LogP contribution in [0.4, 0.5) is 5.69 Å². The Hall–Kier alpha value is -1.89. The van der Waals surface area contributed by atoms with Crippen LogP contribution in [0.5, 0.6) is 0 Å². The molecule has 2 aromatic carbocycles. The molecule has 0 spiro atoms. The number of nitrogens with zero attached hydrogens (tertiary/aromatic N) is 2. The second kappa shape index (κ2) is 6.12. The third-order valence-corrected chi connectivity index (χ3v) is 5.13. The maximum Gasteiger partial charge on any atom is 0.278 e. The van der Waals surface area contributed by atoms with Gasteiger partial charge in [-0.05, 0) is 30.3 Å². The van der Waals surface area contributed by atoms with Crippen LogP contribution in [0.1, 0.15) is 5.56 Å². The summed E-state index contributed by atoms with van der Waals surface area (Å²) in [4.78, 5) is 32.0. The maximum absolute atomic E-state index is 12.9. The summed E-state index contributed by atoms with van der Waals surface area (Å²) in [6.45, 7) is 0. The number of hydrogen-bond acceptors (Lipinski definition) is 4. The molecule has 25 heavy (non-hydrogen) atoms. The Morgan fingerprint density at radius 2 is 1.88 bits per heavy atom. The monoisotopic (exact) mass is 438 g/mol. The molecule has 8 heteroatoms. The smallest absolute Gasteiger partial charge is 0.278 e. The first-order valence-electron chi connectivity index (χ1n) is 7.30. The first-order valence-corrected chi connectivity index (χ1v) is 8.85. The molecule has 1 fully saturated rings. The van der Waals surface area contributed by atoms with E-state index in [0.29, 0.717) is 27.0 Å². The van der Waals surface area contributed by atoms with Gasteiger partial charge in [0, 0.05) is 15.1 Å². The van der Waals surface area contributed by atoms with Gasteiger partial charge in [0.15, 0.2) is 0 Å². The van der Waals surface area contributed by atoms with Crippen molar-refractivity contribution in [2.75, 3.05) is 4.90 Å². The number of carbonyl (C=O) groups excluding carboxylic acids is 2. The van der Waals surface area contributed by atoms with Gasteiger partial charge in [0.1, 0.15) is 11.6 Å². The second-order valence-corrected chi connectivity index (χ2v) is 7.36. The second-order valence-electron chi connectivity index (χ2n) is 5.60. The summed E-state index contributed by atoms with van der Waals surface area (Å²) < 4.78 is 0.762. The van der Waals surface area contributed by atoms with Gasteiger partial charge in [0.2, 0.25) is 12.0 Å². The number of halogens is 3. The number of benzene rings is 2. The van der Waals surface area contributed by atoms with Gasteiger partial charge in [0.25, 0.3) is 5.91 Å². The fourth-order valence-corrected chi connectivity index (χ4v) is 3.86. The number of amides is 2. The summed E-state index contributed by atoms with van der Waals surface area (Å²) in [5.74, 6) is -1.67. The van der Waals surface area contributed by atoms with Crippen molar-refractivity contribution in [3.8, 4) is 0 Å². The average molecular weight is 440 g/mol. The molecule has 4 rings (SSSR count). The maximum atomic E-state index is 12.9. The highest BCUT2D eigenvalue weighted by atomic mass is 79.9. The van der Waals surface area contributed by atoms with Crippen LogP contribution in [0.25, 0.3) is 0 Å². The Morgan fingerprint density at radius 3 is 2.60 bits per heavy atom. The molecule has 2 aliphatic rings. The molecule has 126 valence electrons. The Kier molecular flexibility index (Phi) is 4.06. The van der Waals surface area contributed by atoms with Crippen molar-refractivity contribution in [3.63, 3.8) is 0 Å². The van der Waals surface area contributed by atoms with Crippen LogP contribution < -0.4 is 4.90 Å². The van der Waals surface area contributed by atoms with Crippen LogP contribution in [0, 0.1) is 5.92 Å². The quantitative estimate of drug-likeness (QED) is 0.663. The molecule has 2 atom stereocenters. The van der Waals surface area contributed by atoms with Crippen molar-refractivity contribution in [1.82, 2.24) is 0 Å². The van der Waals surface area contributed by atoms with Crippen molar-refractivity contribution >= 4 is 62.3 Å². The molecule has 0 unspecified atom stereocenters. The van der Waals surface area contributed by atoms with Gasteiger partial charge in [-0.1, -0.05) is 56.4 Å². The van der Waals surface area contributed by atoms with E-state index >= 15 is 0 Å². The van der Waals surface area contributed by atoms with Crippen LogP contribution in [-0.2, 0) is 14.4 Å². The highest BCUT2D eigenvalue weighted by Gasteiger charge is 2.56. The molecule has 0 N–H and O–H groups in total. The molecule has 0 saturated carbocycles. The lowest BCUT2D eigenvalue weighted by Gasteiger charge is -2.15. The molecule has 1 saturated heterocycles. The Bertz CT molecular complexity index is 947. The van der Waals surface area contributed by atoms with E-state index in [0.717, 1.165) is 9.37 Å². The molecule has 2 aromatic rings. The highest BCUT2D eigenvalue weighted by Crippen LogP contribution is 2.37. The van der Waals surface area contributed by atoms with Gasteiger partial charge < -0.3 is 4.84 Å². The molecule has 0 radical (unpaired) electrons. The summed E-state index contributed by atoms with van der Waals surface area (Å²) in [7, 11) is 0. The molecular weight excluding hydrogens is 431 g/mol. The van der Waals surface area contributed by atoms with Gasteiger partial charge in [-0.3, -0.25) is 9.59 Å². The minimum atomic E-state index is -0.978. The summed E-state index contributed by atoms with van der Waals surface area (Å²) in [6.07, 6.45) is -0.978. The Balaban J connectivity index is 1.73. The number of carbonyl (C=O) groups is 2. The van der Waals surface area contributed by atoms with Gasteiger partial charge in [-0.2, -0.15) is 0 Å². The van der Waals surface area contributed by atoms with Crippen molar-refractivity contribution in [2.24, 2.45) is 11.1 Å². The predicted octanol–water partition coefficient (Wildman–Crippen LogP) is 4.05. The summed E-state index contributed by atoms with van der Waals surface area (Å²) >= 11 is 15.5. The van der Waals surface area contributed by atoms with Crippen molar-refractivity contribution in [1.29, 1.82) is 0 Å². The molecule has 0 aliphatic carbocycles. The summed E-state index contributed by atoms with van der Waals surface area (Å²) in [5, 5.41) is 4.75. The molecule has 2 heterocycles. The Morgan fingerprint density at radius 1 is 1.08 bits per heavy atom. The normalized spacial score (nSPS) is 22.0. The predicted molar refractivity (Wildman–Crippen MR) is 98.0 cm³/mol. The first-order chi connectivity index (χ1) is 12.0. The largest absolute Gasteiger partial charge is 0.381 e. The number of oxime groups is 1. The molecule has 0 aromatic heterocycles. The zero-order valence-electron chi connectivity index (χ0n) is 12.4. The zero-order chi connectivity index (χ0) is 17.7. The van der Waals surface area contributed by atoms with Crippen LogP contribution in [0.2, 0.25) is 10.0 Å². The number of imide groups is 1. The lowest BCUT2D eigenvalue weighted by atomic mass is 9.94. The fourth-order valence-electron chi connectivity index (χ4n) is 2.97. The van der Waals surface area contributed by atoms with E-state index in [-0.39, 0.29) is 0 Å². The SMILES string of the molecule is O=C1[C@H]2C(c3ccc(Cl)cc3Cl)=NO[C@H]2C(=O)N1c1cccc(Br)c1. The van der Waals surface area contributed by atoms with Crippen LogP contribution in [0.3, 0.4) is 0 Å². The number of anilines is 1. The molecular formula is C17H9BrCl2N2O3. The standard InChI is InChI=1S/C17H9BrCl2N2O3/c18-8-2-1-3-10(6-8)22-16(23)13-14(21-25-15(13)17(22)24)11-5-4-9(19)7-12(11)20/h1-7,13,15H/t13-,15+/m0/s1.